The lowest BCUT2D eigenvalue weighted by molar-refractivity contribution is 0.600. The Balaban J connectivity index is 3.11. The van der Waals surface area contributed by atoms with Crippen molar-refractivity contribution in [3.8, 4) is 0 Å². The van der Waals surface area contributed by atoms with Gasteiger partial charge in [0.05, 0.1) is 6.20 Å². The molecular formula is C3H4N2O2S. The van der Waals surface area contributed by atoms with Crippen LogP contribution >= 0.6 is 0 Å². The van der Waals surface area contributed by atoms with E-state index in [0.717, 1.165) is 4.09 Å². The minimum atomic E-state index is -2.55. The van der Waals surface area contributed by atoms with Crippen LogP contribution in [0.4, 0.5) is 0 Å². The Labute approximate surface area is 47.8 Å². The number of thiol groups is 1. The lowest BCUT2D eigenvalue weighted by atomic mass is 10.8. The molecule has 1 aromatic heterocycles. The second-order valence-electron chi connectivity index (χ2n) is 1.16. The Bertz CT molecular complexity index is 217. The summed E-state index contributed by atoms with van der Waals surface area (Å²) in [5.74, 6) is 0. The van der Waals surface area contributed by atoms with Gasteiger partial charge >= 0.3 is 0 Å². The molecule has 1 rings (SSSR count). The lowest BCUT2D eigenvalue weighted by Crippen LogP contribution is -1.93. The Hall–Kier alpha value is -0.840. The number of hydrogen-bond acceptors (Lipinski definition) is 3. The molecule has 8 heavy (non-hydrogen) atoms. The molecule has 1 heterocycles. The Morgan fingerprint density at radius 3 is 2.50 bits per heavy atom. The van der Waals surface area contributed by atoms with Crippen molar-refractivity contribution in [3.05, 3.63) is 18.5 Å². The zero-order chi connectivity index (χ0) is 5.98. The standard InChI is InChI=1S/C3H4N2O2S/c6-8(7)5-3-1-2-4-5/h1-3,8H. The first-order chi connectivity index (χ1) is 3.80. The summed E-state index contributed by atoms with van der Waals surface area (Å²) < 4.78 is 20.9. The molecule has 0 aromatic carbocycles. The zero-order valence-corrected chi connectivity index (χ0v) is 4.78. The molecule has 0 unspecified atom stereocenters. The van der Waals surface area contributed by atoms with Crippen molar-refractivity contribution in [1.82, 2.24) is 9.19 Å². The predicted molar refractivity (Wildman–Crippen MR) is 27.9 cm³/mol. The van der Waals surface area contributed by atoms with Gasteiger partial charge in [0.1, 0.15) is 0 Å². The summed E-state index contributed by atoms with van der Waals surface area (Å²) >= 11 is 0. The predicted octanol–water partition coefficient (Wildman–Crippen LogP) is -0.742. The summed E-state index contributed by atoms with van der Waals surface area (Å²) in [6.45, 7) is 0. The molecule has 0 spiro atoms. The molecule has 0 amide bonds. The van der Waals surface area contributed by atoms with E-state index in [-0.39, 0.29) is 0 Å². The van der Waals surface area contributed by atoms with E-state index in [4.69, 9.17) is 0 Å². The first kappa shape index (κ1) is 5.30. The highest BCUT2D eigenvalue weighted by atomic mass is 32.2. The maximum atomic E-state index is 10.00. The second kappa shape index (κ2) is 1.95. The van der Waals surface area contributed by atoms with Crippen molar-refractivity contribution in [2.75, 3.05) is 0 Å². The van der Waals surface area contributed by atoms with Gasteiger partial charge in [0.25, 0.3) is 0 Å². The SMILES string of the molecule is O=[SH](=O)n1cccn1. The molecule has 0 saturated heterocycles. The maximum absolute atomic E-state index is 10.00. The Kier molecular flexibility index (Phi) is 1.29. The van der Waals surface area contributed by atoms with E-state index in [9.17, 15) is 8.42 Å². The maximum Gasteiger partial charge on any atom is 0.243 e. The zero-order valence-electron chi connectivity index (χ0n) is 3.89. The molecule has 0 aliphatic carbocycles. The first-order valence-corrected chi connectivity index (χ1v) is 3.08. The van der Waals surface area contributed by atoms with Crippen molar-refractivity contribution in [3.63, 3.8) is 0 Å². The highest BCUT2D eigenvalue weighted by molar-refractivity contribution is 7.70. The number of rotatable bonds is 1. The summed E-state index contributed by atoms with van der Waals surface area (Å²) in [5.41, 5.74) is 0. The van der Waals surface area contributed by atoms with Crippen LogP contribution in [0, 0.1) is 0 Å². The average molecular weight is 132 g/mol. The van der Waals surface area contributed by atoms with Crippen LogP contribution in [0.1, 0.15) is 0 Å². The highest BCUT2D eigenvalue weighted by Crippen LogP contribution is 1.78. The molecular weight excluding hydrogens is 128 g/mol. The van der Waals surface area contributed by atoms with Gasteiger partial charge < -0.3 is 0 Å². The van der Waals surface area contributed by atoms with Crippen LogP contribution in [0.2, 0.25) is 0 Å². The van der Waals surface area contributed by atoms with E-state index in [2.05, 4.69) is 5.10 Å². The van der Waals surface area contributed by atoms with Crippen molar-refractivity contribution in [1.29, 1.82) is 0 Å². The van der Waals surface area contributed by atoms with Crippen molar-refractivity contribution < 1.29 is 8.42 Å². The summed E-state index contributed by atoms with van der Waals surface area (Å²) in [5, 5.41) is 3.44. The fourth-order valence-corrected chi connectivity index (χ4v) is 0.687. The molecule has 0 atom stereocenters. The third-order valence-corrected chi connectivity index (χ3v) is 1.23. The summed E-state index contributed by atoms with van der Waals surface area (Å²) in [6.07, 6.45) is 2.77. The van der Waals surface area contributed by atoms with Gasteiger partial charge in [0.15, 0.2) is 0 Å². The van der Waals surface area contributed by atoms with E-state index in [1.165, 1.54) is 12.4 Å². The van der Waals surface area contributed by atoms with Crippen LogP contribution in [0.15, 0.2) is 18.5 Å². The molecule has 0 radical (unpaired) electrons. The summed E-state index contributed by atoms with van der Waals surface area (Å²) in [4.78, 5) is 0. The van der Waals surface area contributed by atoms with Gasteiger partial charge in [-0.3, -0.25) is 0 Å². The summed E-state index contributed by atoms with van der Waals surface area (Å²) in [7, 11) is -2.55. The Morgan fingerprint density at radius 2 is 2.25 bits per heavy atom. The molecule has 0 fully saturated rings. The molecule has 0 bridgehead atoms. The fourth-order valence-electron chi connectivity index (χ4n) is 0.357. The van der Waals surface area contributed by atoms with Crippen molar-refractivity contribution in [2.24, 2.45) is 0 Å². The van der Waals surface area contributed by atoms with E-state index in [0.29, 0.717) is 0 Å². The fraction of sp³-hybridized carbons (Fsp3) is 0. The van der Waals surface area contributed by atoms with Crippen molar-refractivity contribution >= 4 is 10.9 Å². The van der Waals surface area contributed by atoms with Crippen LogP contribution in [-0.4, -0.2) is 17.6 Å². The van der Waals surface area contributed by atoms with E-state index >= 15 is 0 Å². The van der Waals surface area contributed by atoms with Crippen molar-refractivity contribution in [2.45, 2.75) is 0 Å². The first-order valence-electron chi connectivity index (χ1n) is 1.95. The van der Waals surface area contributed by atoms with Crippen LogP contribution in [0.3, 0.4) is 0 Å². The quantitative estimate of drug-likeness (QED) is 0.512. The van der Waals surface area contributed by atoms with Crippen LogP contribution in [-0.2, 0) is 10.9 Å². The van der Waals surface area contributed by atoms with Gasteiger partial charge in [0, 0.05) is 6.20 Å². The largest absolute Gasteiger partial charge is 0.243 e. The van der Waals surface area contributed by atoms with Crippen LogP contribution in [0.25, 0.3) is 0 Å². The molecule has 5 heteroatoms. The molecule has 4 nitrogen and oxygen atoms in total. The number of hydrogen-bond donors (Lipinski definition) is 1. The molecule has 0 saturated carbocycles. The van der Waals surface area contributed by atoms with Gasteiger partial charge in [0.2, 0.25) is 10.9 Å². The minimum Gasteiger partial charge on any atom is -0.208 e. The highest BCUT2D eigenvalue weighted by Gasteiger charge is 1.84. The van der Waals surface area contributed by atoms with Crippen LogP contribution < -0.4 is 0 Å². The Morgan fingerprint density at radius 1 is 1.50 bits per heavy atom. The number of nitrogens with zero attached hydrogens (tertiary/aromatic N) is 2. The molecule has 44 valence electrons. The molecule has 0 aliphatic rings. The van der Waals surface area contributed by atoms with Gasteiger partial charge in [-0.2, -0.15) is 9.19 Å². The lowest BCUT2D eigenvalue weighted by Gasteiger charge is -1.79. The normalized spacial score (nSPS) is 10.1. The summed E-state index contributed by atoms with van der Waals surface area (Å²) in [6, 6.07) is 1.55. The van der Waals surface area contributed by atoms with E-state index in [1.54, 1.807) is 6.07 Å². The third kappa shape index (κ3) is 0.865. The van der Waals surface area contributed by atoms with E-state index in [1.807, 2.05) is 0 Å². The minimum absolute atomic E-state index is 0.870. The van der Waals surface area contributed by atoms with Gasteiger partial charge in [-0.1, -0.05) is 0 Å². The molecule has 0 N–H and O–H groups in total. The molecule has 1 aromatic rings. The van der Waals surface area contributed by atoms with Crippen LogP contribution in [0.5, 0.6) is 0 Å². The average Bonchev–Trinajstić information content (AvgIpc) is 2.12. The smallest absolute Gasteiger partial charge is 0.208 e. The number of aromatic nitrogens is 2. The van der Waals surface area contributed by atoms with Gasteiger partial charge in [-0.15, -0.1) is 0 Å². The third-order valence-electron chi connectivity index (χ3n) is 0.658. The monoisotopic (exact) mass is 132 g/mol. The van der Waals surface area contributed by atoms with Gasteiger partial charge in [-0.05, 0) is 6.07 Å². The second-order valence-corrected chi connectivity index (χ2v) is 2.05. The topological polar surface area (TPSA) is 52.0 Å². The van der Waals surface area contributed by atoms with Gasteiger partial charge in [-0.25, -0.2) is 8.42 Å². The van der Waals surface area contributed by atoms with E-state index < -0.39 is 10.9 Å². The molecule has 0 aliphatic heterocycles.